The predicted octanol–water partition coefficient (Wildman–Crippen LogP) is 2.47. The molecule has 1 amide bonds. The van der Waals surface area contributed by atoms with E-state index in [-0.39, 0.29) is 5.91 Å². The van der Waals surface area contributed by atoms with E-state index in [1.807, 2.05) is 19.1 Å². The van der Waals surface area contributed by atoms with E-state index in [0.717, 1.165) is 18.7 Å². The normalized spacial score (nSPS) is 14.1. The SMILES string of the molecule is CCCNC(C)(CSCc1ccccc1C)C(N)=O. The minimum atomic E-state index is -0.622. The summed E-state index contributed by atoms with van der Waals surface area (Å²) < 4.78 is 0. The first-order chi connectivity index (χ1) is 8.99. The van der Waals surface area contributed by atoms with E-state index in [9.17, 15) is 4.79 Å². The third-order valence-electron chi connectivity index (χ3n) is 3.22. The Kier molecular flexibility index (Phi) is 6.38. The largest absolute Gasteiger partial charge is 0.368 e. The molecule has 106 valence electrons. The molecule has 1 unspecified atom stereocenters. The summed E-state index contributed by atoms with van der Waals surface area (Å²) in [5.74, 6) is 1.32. The monoisotopic (exact) mass is 280 g/mol. The number of primary amides is 1. The second kappa shape index (κ2) is 7.56. The fourth-order valence-corrected chi connectivity index (χ4v) is 3.05. The lowest BCUT2D eigenvalue weighted by Crippen LogP contribution is -2.55. The first kappa shape index (κ1) is 16.1. The Morgan fingerprint density at radius 1 is 1.42 bits per heavy atom. The van der Waals surface area contributed by atoms with Crippen molar-refractivity contribution in [3.63, 3.8) is 0 Å². The van der Waals surface area contributed by atoms with Gasteiger partial charge in [-0.15, -0.1) is 0 Å². The van der Waals surface area contributed by atoms with Gasteiger partial charge >= 0.3 is 0 Å². The van der Waals surface area contributed by atoms with Gasteiger partial charge < -0.3 is 11.1 Å². The molecule has 0 heterocycles. The van der Waals surface area contributed by atoms with Crippen LogP contribution >= 0.6 is 11.8 Å². The van der Waals surface area contributed by atoms with Crippen LogP contribution in [-0.4, -0.2) is 23.7 Å². The van der Waals surface area contributed by atoms with Crippen LogP contribution in [0.3, 0.4) is 0 Å². The Hall–Kier alpha value is -1.00. The lowest BCUT2D eigenvalue weighted by Gasteiger charge is -2.27. The van der Waals surface area contributed by atoms with Crippen molar-refractivity contribution in [2.75, 3.05) is 12.3 Å². The fourth-order valence-electron chi connectivity index (χ4n) is 1.75. The van der Waals surface area contributed by atoms with Gasteiger partial charge in [0.25, 0.3) is 0 Å². The van der Waals surface area contributed by atoms with E-state index < -0.39 is 5.54 Å². The first-order valence-electron chi connectivity index (χ1n) is 6.67. The number of amides is 1. The zero-order valence-corrected chi connectivity index (χ0v) is 12.8. The highest BCUT2D eigenvalue weighted by atomic mass is 32.2. The molecule has 0 aliphatic carbocycles. The van der Waals surface area contributed by atoms with Crippen molar-refractivity contribution < 1.29 is 4.79 Å². The lowest BCUT2D eigenvalue weighted by atomic mass is 10.0. The van der Waals surface area contributed by atoms with E-state index in [1.165, 1.54) is 11.1 Å². The zero-order valence-electron chi connectivity index (χ0n) is 12.0. The van der Waals surface area contributed by atoms with Crippen molar-refractivity contribution in [3.8, 4) is 0 Å². The molecule has 0 fully saturated rings. The number of thioether (sulfide) groups is 1. The van der Waals surface area contributed by atoms with Crippen LogP contribution in [0.5, 0.6) is 0 Å². The Balaban J connectivity index is 2.53. The van der Waals surface area contributed by atoms with Gasteiger partial charge in [-0.1, -0.05) is 31.2 Å². The molecule has 0 aliphatic rings. The molecular weight excluding hydrogens is 256 g/mol. The van der Waals surface area contributed by atoms with Gasteiger partial charge in [-0.2, -0.15) is 11.8 Å². The van der Waals surface area contributed by atoms with E-state index in [4.69, 9.17) is 5.73 Å². The molecule has 0 aromatic heterocycles. The Bertz CT molecular complexity index is 422. The second-order valence-electron chi connectivity index (χ2n) is 5.04. The highest BCUT2D eigenvalue weighted by Gasteiger charge is 2.29. The van der Waals surface area contributed by atoms with Crippen molar-refractivity contribution in [2.45, 2.75) is 38.5 Å². The number of hydrogen-bond acceptors (Lipinski definition) is 3. The molecule has 0 bridgehead atoms. The van der Waals surface area contributed by atoms with E-state index in [1.54, 1.807) is 11.8 Å². The van der Waals surface area contributed by atoms with Gasteiger partial charge in [0.1, 0.15) is 5.54 Å². The third-order valence-corrected chi connectivity index (χ3v) is 4.52. The van der Waals surface area contributed by atoms with E-state index in [2.05, 4.69) is 31.3 Å². The number of nitrogens with two attached hydrogens (primary N) is 1. The van der Waals surface area contributed by atoms with Gasteiger partial charge in [0, 0.05) is 11.5 Å². The maximum Gasteiger partial charge on any atom is 0.238 e. The number of benzene rings is 1. The predicted molar refractivity (Wildman–Crippen MR) is 83.2 cm³/mol. The van der Waals surface area contributed by atoms with Crippen molar-refractivity contribution in [3.05, 3.63) is 35.4 Å². The topological polar surface area (TPSA) is 55.1 Å². The number of aryl methyl sites for hydroxylation is 1. The molecule has 0 saturated heterocycles. The average Bonchev–Trinajstić information content (AvgIpc) is 2.38. The van der Waals surface area contributed by atoms with Crippen LogP contribution in [0.15, 0.2) is 24.3 Å². The summed E-state index contributed by atoms with van der Waals surface area (Å²) in [4.78, 5) is 11.6. The second-order valence-corrected chi connectivity index (χ2v) is 6.03. The summed E-state index contributed by atoms with van der Waals surface area (Å²) in [5, 5.41) is 3.25. The van der Waals surface area contributed by atoms with Crippen LogP contribution in [0.2, 0.25) is 0 Å². The standard InChI is InChI=1S/C15H24N2OS/c1-4-9-17-15(3,14(16)18)11-19-10-13-8-6-5-7-12(13)2/h5-8,17H,4,9-11H2,1-3H3,(H2,16,18). The minimum Gasteiger partial charge on any atom is -0.368 e. The Labute approximate surface area is 120 Å². The molecule has 0 saturated carbocycles. The number of rotatable bonds is 8. The Morgan fingerprint density at radius 3 is 2.68 bits per heavy atom. The number of carbonyl (C=O) groups excluding carboxylic acids is 1. The molecule has 0 spiro atoms. The molecule has 3 N–H and O–H groups in total. The maximum absolute atomic E-state index is 11.6. The lowest BCUT2D eigenvalue weighted by molar-refractivity contribution is -0.122. The molecule has 1 atom stereocenters. The number of hydrogen-bond donors (Lipinski definition) is 2. The summed E-state index contributed by atoms with van der Waals surface area (Å²) in [6, 6.07) is 8.33. The summed E-state index contributed by atoms with van der Waals surface area (Å²) in [6.45, 7) is 6.88. The van der Waals surface area contributed by atoms with Crippen molar-refractivity contribution in [1.29, 1.82) is 0 Å². The summed E-state index contributed by atoms with van der Waals surface area (Å²) in [6.07, 6.45) is 0.991. The van der Waals surface area contributed by atoms with Crippen molar-refractivity contribution in [2.24, 2.45) is 5.73 Å². The molecule has 1 rings (SSSR count). The maximum atomic E-state index is 11.6. The minimum absolute atomic E-state index is 0.279. The molecule has 4 heteroatoms. The molecule has 0 aliphatic heterocycles. The van der Waals surface area contributed by atoms with Crippen molar-refractivity contribution >= 4 is 17.7 Å². The van der Waals surface area contributed by atoms with Gasteiger partial charge in [0.15, 0.2) is 0 Å². The van der Waals surface area contributed by atoms with E-state index >= 15 is 0 Å². The Morgan fingerprint density at radius 2 is 2.11 bits per heavy atom. The molecular formula is C15H24N2OS. The third kappa shape index (κ3) is 4.88. The van der Waals surface area contributed by atoms with Crippen LogP contribution in [0.1, 0.15) is 31.4 Å². The summed E-state index contributed by atoms with van der Waals surface area (Å²) in [5.41, 5.74) is 7.49. The van der Waals surface area contributed by atoms with Crippen molar-refractivity contribution in [1.82, 2.24) is 5.32 Å². The van der Waals surface area contributed by atoms with Crippen LogP contribution in [0.25, 0.3) is 0 Å². The fraction of sp³-hybridized carbons (Fsp3) is 0.533. The zero-order chi connectivity index (χ0) is 14.3. The quantitative estimate of drug-likeness (QED) is 0.769. The van der Waals surface area contributed by atoms with Crippen LogP contribution in [0, 0.1) is 6.92 Å². The van der Waals surface area contributed by atoms with Gasteiger partial charge in [-0.05, 0) is 37.9 Å². The molecule has 19 heavy (non-hydrogen) atoms. The summed E-state index contributed by atoms with van der Waals surface area (Å²) in [7, 11) is 0. The van der Waals surface area contributed by atoms with Gasteiger partial charge in [0.2, 0.25) is 5.91 Å². The van der Waals surface area contributed by atoms with Gasteiger partial charge in [-0.3, -0.25) is 4.79 Å². The summed E-state index contributed by atoms with van der Waals surface area (Å²) >= 11 is 1.74. The number of nitrogens with one attached hydrogen (secondary N) is 1. The van der Waals surface area contributed by atoms with Crippen LogP contribution in [-0.2, 0) is 10.5 Å². The molecule has 1 aromatic rings. The number of carbonyl (C=O) groups is 1. The highest BCUT2D eigenvalue weighted by Crippen LogP contribution is 2.20. The molecule has 0 radical (unpaired) electrons. The van der Waals surface area contributed by atoms with Crippen LogP contribution in [0.4, 0.5) is 0 Å². The highest BCUT2D eigenvalue weighted by molar-refractivity contribution is 7.98. The molecule has 1 aromatic carbocycles. The van der Waals surface area contributed by atoms with Gasteiger partial charge in [0.05, 0.1) is 0 Å². The average molecular weight is 280 g/mol. The van der Waals surface area contributed by atoms with E-state index in [0.29, 0.717) is 5.75 Å². The first-order valence-corrected chi connectivity index (χ1v) is 7.82. The molecule has 3 nitrogen and oxygen atoms in total. The van der Waals surface area contributed by atoms with Crippen LogP contribution < -0.4 is 11.1 Å². The smallest absolute Gasteiger partial charge is 0.238 e. The van der Waals surface area contributed by atoms with Gasteiger partial charge in [-0.25, -0.2) is 0 Å².